The fraction of sp³-hybridized carbons (Fsp3) is 0.438. The molecule has 114 valence electrons. The number of piperidine rings is 1. The number of fused-ring (bicyclic) bond motifs is 2. The van der Waals surface area contributed by atoms with E-state index in [1.807, 2.05) is 0 Å². The van der Waals surface area contributed by atoms with E-state index >= 15 is 0 Å². The smallest absolute Gasteiger partial charge is 0.415 e. The predicted octanol–water partition coefficient (Wildman–Crippen LogP) is 3.40. The summed E-state index contributed by atoms with van der Waals surface area (Å²) in [5.74, 6) is 0. The first-order valence-electron chi connectivity index (χ1n) is 7.22. The van der Waals surface area contributed by atoms with Gasteiger partial charge in [0.15, 0.2) is 0 Å². The van der Waals surface area contributed by atoms with Gasteiger partial charge < -0.3 is 9.64 Å². The number of carbonyl (C=O) groups is 1. The molecule has 2 bridgehead atoms. The van der Waals surface area contributed by atoms with Gasteiger partial charge in [0.1, 0.15) is 0 Å². The largest absolute Gasteiger partial charge is 0.419 e. The molecule has 0 saturated carbocycles. The number of hydrogen-bond donors (Lipinski definition) is 0. The summed E-state index contributed by atoms with van der Waals surface area (Å²) in [7, 11) is 0. The Morgan fingerprint density at radius 3 is 2.73 bits per heavy atom. The Hall–Kier alpha value is -2.06. The van der Waals surface area contributed by atoms with E-state index in [1.165, 1.54) is 0 Å². The minimum Gasteiger partial charge on any atom is -0.419 e. The molecule has 1 aromatic rings. The average Bonchev–Trinajstić information content (AvgIpc) is 2.79. The van der Waals surface area contributed by atoms with Crippen LogP contribution in [0.2, 0.25) is 5.02 Å². The molecule has 22 heavy (non-hydrogen) atoms. The molecule has 2 atom stereocenters. The fourth-order valence-electron chi connectivity index (χ4n) is 3.75. The summed E-state index contributed by atoms with van der Waals surface area (Å²) >= 11 is 6.02. The van der Waals surface area contributed by atoms with Gasteiger partial charge in [0.2, 0.25) is 0 Å². The molecule has 2 aliphatic heterocycles. The minimum atomic E-state index is -0.644. The van der Waals surface area contributed by atoms with Crippen LogP contribution < -0.4 is 0 Å². The van der Waals surface area contributed by atoms with E-state index in [2.05, 4.69) is 17.6 Å². The Kier molecular flexibility index (Phi) is 3.79. The molecular formula is C16H16ClN3O2. The van der Waals surface area contributed by atoms with Crippen molar-refractivity contribution in [1.29, 1.82) is 5.26 Å². The standard InChI is InChI=1S/C16H16ClN3O2/c1-2-22-15(21)20-13-3-4-14(20)7-16(6-13,10-18)11-5-12(17)9-19-8-11/h2,5,8-9,13-14H,1,3-4,6-7H2. The molecule has 2 saturated heterocycles. The highest BCUT2D eigenvalue weighted by Gasteiger charge is 2.51. The molecule has 3 rings (SSSR count). The van der Waals surface area contributed by atoms with Gasteiger partial charge in [-0.25, -0.2) is 4.79 Å². The number of hydrogen-bond acceptors (Lipinski definition) is 4. The lowest BCUT2D eigenvalue weighted by Gasteiger charge is -2.42. The van der Waals surface area contributed by atoms with E-state index in [0.29, 0.717) is 17.9 Å². The van der Waals surface area contributed by atoms with Gasteiger partial charge >= 0.3 is 6.09 Å². The van der Waals surface area contributed by atoms with Gasteiger partial charge in [0.05, 0.1) is 22.8 Å². The summed E-state index contributed by atoms with van der Waals surface area (Å²) in [6, 6.07) is 4.27. The summed E-state index contributed by atoms with van der Waals surface area (Å²) in [5, 5.41) is 10.3. The van der Waals surface area contributed by atoms with Gasteiger partial charge in [-0.1, -0.05) is 18.2 Å². The van der Waals surface area contributed by atoms with Gasteiger partial charge in [0.25, 0.3) is 0 Å². The highest BCUT2D eigenvalue weighted by atomic mass is 35.5. The number of ether oxygens (including phenoxy) is 1. The lowest BCUT2D eigenvalue weighted by atomic mass is 9.71. The van der Waals surface area contributed by atoms with Crippen molar-refractivity contribution in [2.45, 2.75) is 43.2 Å². The van der Waals surface area contributed by atoms with Gasteiger partial charge in [-0.15, -0.1) is 0 Å². The van der Waals surface area contributed by atoms with E-state index in [4.69, 9.17) is 16.3 Å². The number of halogens is 1. The molecular weight excluding hydrogens is 302 g/mol. The van der Waals surface area contributed by atoms with Crippen molar-refractivity contribution in [3.8, 4) is 6.07 Å². The molecule has 1 amide bonds. The van der Waals surface area contributed by atoms with Crippen LogP contribution in [0.25, 0.3) is 0 Å². The third-order valence-electron chi connectivity index (χ3n) is 4.65. The van der Waals surface area contributed by atoms with Crippen LogP contribution in [0.1, 0.15) is 31.2 Å². The average molecular weight is 318 g/mol. The van der Waals surface area contributed by atoms with Crippen molar-refractivity contribution in [2.24, 2.45) is 0 Å². The maximum Gasteiger partial charge on any atom is 0.415 e. The van der Waals surface area contributed by atoms with Crippen molar-refractivity contribution < 1.29 is 9.53 Å². The van der Waals surface area contributed by atoms with Crippen LogP contribution in [0.5, 0.6) is 0 Å². The second-order valence-electron chi connectivity index (χ2n) is 5.84. The molecule has 6 heteroatoms. The molecule has 3 heterocycles. The summed E-state index contributed by atoms with van der Waals surface area (Å²) in [6.07, 6.45) is 6.95. The van der Waals surface area contributed by atoms with E-state index in [-0.39, 0.29) is 18.2 Å². The maximum absolute atomic E-state index is 12.1. The quantitative estimate of drug-likeness (QED) is 0.784. The topological polar surface area (TPSA) is 66.2 Å². The highest BCUT2D eigenvalue weighted by molar-refractivity contribution is 6.30. The molecule has 2 unspecified atom stereocenters. The summed E-state index contributed by atoms with van der Waals surface area (Å²) in [5.41, 5.74) is 0.186. The maximum atomic E-state index is 12.1. The molecule has 5 nitrogen and oxygen atoms in total. The van der Waals surface area contributed by atoms with Crippen LogP contribution in [-0.4, -0.2) is 28.1 Å². The van der Waals surface area contributed by atoms with Crippen molar-refractivity contribution >= 4 is 17.7 Å². The van der Waals surface area contributed by atoms with E-state index in [9.17, 15) is 10.1 Å². The Balaban J connectivity index is 1.91. The second kappa shape index (κ2) is 5.62. The number of pyridine rings is 1. The van der Waals surface area contributed by atoms with Gasteiger partial charge in [-0.05, 0) is 37.3 Å². The first kappa shape index (κ1) is 14.9. The van der Waals surface area contributed by atoms with E-state index < -0.39 is 5.41 Å². The molecule has 0 N–H and O–H groups in total. The monoisotopic (exact) mass is 317 g/mol. The van der Waals surface area contributed by atoms with Gasteiger partial charge in [0, 0.05) is 24.5 Å². The first-order valence-corrected chi connectivity index (χ1v) is 7.59. The lowest BCUT2D eigenvalue weighted by molar-refractivity contribution is 0.0808. The normalized spacial score (nSPS) is 29.7. The Morgan fingerprint density at radius 2 is 2.18 bits per heavy atom. The van der Waals surface area contributed by atoms with Crippen LogP contribution in [0, 0.1) is 11.3 Å². The Labute approximate surface area is 134 Å². The fourth-order valence-corrected chi connectivity index (χ4v) is 3.92. The van der Waals surface area contributed by atoms with Crippen molar-refractivity contribution in [3.63, 3.8) is 0 Å². The van der Waals surface area contributed by atoms with Crippen LogP contribution in [0.4, 0.5) is 4.79 Å². The molecule has 1 aromatic heterocycles. The van der Waals surface area contributed by atoms with Crippen molar-refractivity contribution in [3.05, 3.63) is 41.9 Å². The van der Waals surface area contributed by atoms with Crippen LogP contribution in [-0.2, 0) is 10.2 Å². The zero-order valence-corrected chi connectivity index (χ0v) is 12.8. The van der Waals surface area contributed by atoms with E-state index in [0.717, 1.165) is 24.7 Å². The molecule has 0 radical (unpaired) electrons. The molecule has 0 aromatic carbocycles. The third kappa shape index (κ3) is 2.34. The number of aromatic nitrogens is 1. The van der Waals surface area contributed by atoms with Gasteiger partial charge in [-0.2, -0.15) is 5.26 Å². The number of carbonyl (C=O) groups excluding carboxylic acids is 1. The van der Waals surface area contributed by atoms with Crippen molar-refractivity contribution in [2.75, 3.05) is 0 Å². The minimum absolute atomic E-state index is 0.00447. The second-order valence-corrected chi connectivity index (χ2v) is 6.27. The molecule has 2 aliphatic rings. The Bertz CT molecular complexity index is 641. The summed E-state index contributed by atoms with van der Waals surface area (Å²) in [4.78, 5) is 17.9. The predicted molar refractivity (Wildman–Crippen MR) is 81.1 cm³/mol. The lowest BCUT2D eigenvalue weighted by Crippen LogP contribution is -2.51. The zero-order chi connectivity index (χ0) is 15.7. The summed E-state index contributed by atoms with van der Waals surface area (Å²) < 4.78 is 4.92. The van der Waals surface area contributed by atoms with Crippen LogP contribution >= 0.6 is 11.6 Å². The number of nitriles is 1. The highest BCUT2D eigenvalue weighted by Crippen LogP contribution is 2.47. The first-order chi connectivity index (χ1) is 10.6. The van der Waals surface area contributed by atoms with Crippen molar-refractivity contribution in [1.82, 2.24) is 9.88 Å². The van der Waals surface area contributed by atoms with Crippen LogP contribution in [0.15, 0.2) is 31.3 Å². The third-order valence-corrected chi connectivity index (χ3v) is 4.86. The number of nitrogens with zero attached hydrogens (tertiary/aromatic N) is 3. The molecule has 0 aliphatic carbocycles. The van der Waals surface area contributed by atoms with Crippen LogP contribution in [0.3, 0.4) is 0 Å². The zero-order valence-electron chi connectivity index (χ0n) is 12.0. The number of rotatable bonds is 2. The van der Waals surface area contributed by atoms with E-state index in [1.54, 1.807) is 23.4 Å². The van der Waals surface area contributed by atoms with Gasteiger partial charge in [-0.3, -0.25) is 4.98 Å². The molecule has 0 spiro atoms. The Morgan fingerprint density at radius 1 is 1.50 bits per heavy atom. The molecule has 2 fully saturated rings. The SMILES string of the molecule is C=COC(=O)N1C2CCC1CC(C#N)(c1cncc(Cl)c1)C2. The number of amides is 1. The summed E-state index contributed by atoms with van der Waals surface area (Å²) in [6.45, 7) is 3.42.